The van der Waals surface area contributed by atoms with Crippen molar-refractivity contribution in [2.45, 2.75) is 13.5 Å². The minimum Gasteiger partial charge on any atom is -0.360 e. The van der Waals surface area contributed by atoms with E-state index >= 15 is 0 Å². The zero-order chi connectivity index (χ0) is 12.3. The molecule has 0 saturated carbocycles. The highest BCUT2D eigenvalue weighted by Crippen LogP contribution is 2.06. The van der Waals surface area contributed by atoms with Crippen LogP contribution in [0.4, 0.5) is 5.82 Å². The van der Waals surface area contributed by atoms with E-state index in [0.717, 1.165) is 0 Å². The summed E-state index contributed by atoms with van der Waals surface area (Å²) in [6.45, 7) is 1.68. The van der Waals surface area contributed by atoms with Crippen molar-refractivity contribution in [2.24, 2.45) is 0 Å². The molecule has 0 aromatic carbocycles. The molecule has 0 saturated heterocycles. The SMILES string of the molecule is Cc1cc(NC(=O)Cn2cnc(C#N)n2)no1. The standard InChI is InChI=1S/C9H8N6O2/c1-6-2-7(14-17-6)12-9(16)4-15-5-11-8(3-10)13-15/h2,5H,4H2,1H3,(H,12,14,16). The van der Waals surface area contributed by atoms with Crippen molar-refractivity contribution in [3.8, 4) is 6.07 Å². The molecule has 0 fully saturated rings. The van der Waals surface area contributed by atoms with E-state index in [9.17, 15) is 4.79 Å². The Morgan fingerprint density at radius 2 is 2.53 bits per heavy atom. The molecule has 8 nitrogen and oxygen atoms in total. The largest absolute Gasteiger partial charge is 0.360 e. The molecule has 1 N–H and O–H groups in total. The van der Waals surface area contributed by atoms with E-state index in [2.05, 4.69) is 20.6 Å². The minimum atomic E-state index is -0.326. The molecule has 2 aromatic rings. The summed E-state index contributed by atoms with van der Waals surface area (Å²) >= 11 is 0. The molecule has 0 radical (unpaired) electrons. The zero-order valence-corrected chi connectivity index (χ0v) is 8.91. The van der Waals surface area contributed by atoms with Crippen LogP contribution in [0.3, 0.4) is 0 Å². The smallest absolute Gasteiger partial charge is 0.252 e. The Hall–Kier alpha value is -2.69. The first kappa shape index (κ1) is 10.8. The average Bonchev–Trinajstić information content (AvgIpc) is 2.88. The summed E-state index contributed by atoms with van der Waals surface area (Å²) in [6, 6.07) is 3.37. The Morgan fingerprint density at radius 3 is 3.12 bits per heavy atom. The third-order valence-electron chi connectivity index (χ3n) is 1.84. The summed E-state index contributed by atoms with van der Waals surface area (Å²) in [5.41, 5.74) is 0. The van der Waals surface area contributed by atoms with Gasteiger partial charge in [0.1, 0.15) is 24.7 Å². The Balaban J connectivity index is 1.96. The van der Waals surface area contributed by atoms with Crippen molar-refractivity contribution in [2.75, 3.05) is 5.32 Å². The van der Waals surface area contributed by atoms with Crippen LogP contribution in [0.2, 0.25) is 0 Å². The molecule has 2 rings (SSSR count). The fraction of sp³-hybridized carbons (Fsp3) is 0.222. The minimum absolute atomic E-state index is 0.0232. The van der Waals surface area contributed by atoms with Gasteiger partial charge in [-0.2, -0.15) is 5.26 Å². The van der Waals surface area contributed by atoms with Gasteiger partial charge in [-0.05, 0) is 6.92 Å². The number of hydrogen-bond donors (Lipinski definition) is 1. The number of aryl methyl sites for hydroxylation is 1. The van der Waals surface area contributed by atoms with Gasteiger partial charge in [-0.1, -0.05) is 5.16 Å². The fourth-order valence-corrected chi connectivity index (χ4v) is 1.18. The van der Waals surface area contributed by atoms with Crippen LogP contribution in [0.1, 0.15) is 11.6 Å². The van der Waals surface area contributed by atoms with Crippen molar-refractivity contribution < 1.29 is 9.32 Å². The van der Waals surface area contributed by atoms with Gasteiger partial charge in [0.05, 0.1) is 0 Å². The van der Waals surface area contributed by atoms with Crippen molar-refractivity contribution in [1.29, 1.82) is 5.26 Å². The quantitative estimate of drug-likeness (QED) is 0.802. The van der Waals surface area contributed by atoms with E-state index in [1.54, 1.807) is 19.1 Å². The molecule has 0 aliphatic heterocycles. The molecule has 86 valence electrons. The lowest BCUT2D eigenvalue weighted by Crippen LogP contribution is -2.19. The summed E-state index contributed by atoms with van der Waals surface area (Å²) in [5.74, 6) is 0.642. The third-order valence-corrected chi connectivity index (χ3v) is 1.84. The molecule has 0 spiro atoms. The number of nitriles is 1. The maximum Gasteiger partial charge on any atom is 0.252 e. The van der Waals surface area contributed by atoms with E-state index in [1.807, 2.05) is 0 Å². The molecule has 1 amide bonds. The van der Waals surface area contributed by atoms with Gasteiger partial charge in [0.2, 0.25) is 5.91 Å². The zero-order valence-electron chi connectivity index (χ0n) is 8.91. The van der Waals surface area contributed by atoms with Crippen LogP contribution in [-0.2, 0) is 11.3 Å². The van der Waals surface area contributed by atoms with Crippen LogP contribution in [0.15, 0.2) is 16.9 Å². The predicted octanol–water partition coefficient (Wildman–Crippen LogP) is 0.0849. The molecular formula is C9H8N6O2. The molecule has 0 unspecified atom stereocenters. The van der Waals surface area contributed by atoms with Gasteiger partial charge >= 0.3 is 0 Å². The van der Waals surface area contributed by atoms with Gasteiger partial charge in [0.25, 0.3) is 5.82 Å². The van der Waals surface area contributed by atoms with Gasteiger partial charge in [0.15, 0.2) is 5.82 Å². The average molecular weight is 232 g/mol. The topological polar surface area (TPSA) is 110 Å². The maximum absolute atomic E-state index is 11.5. The summed E-state index contributed by atoms with van der Waals surface area (Å²) in [7, 11) is 0. The Labute approximate surface area is 95.8 Å². The van der Waals surface area contributed by atoms with Crippen LogP contribution in [0.5, 0.6) is 0 Å². The molecule has 0 aliphatic carbocycles. The molecule has 2 heterocycles. The maximum atomic E-state index is 11.5. The summed E-state index contributed by atoms with van der Waals surface area (Å²) < 4.78 is 6.06. The lowest BCUT2D eigenvalue weighted by Gasteiger charge is -1.99. The van der Waals surface area contributed by atoms with Crippen molar-refractivity contribution in [1.82, 2.24) is 19.9 Å². The van der Waals surface area contributed by atoms with Gasteiger partial charge in [-0.25, -0.2) is 9.67 Å². The lowest BCUT2D eigenvalue weighted by molar-refractivity contribution is -0.116. The fourth-order valence-electron chi connectivity index (χ4n) is 1.18. The highest BCUT2D eigenvalue weighted by Gasteiger charge is 2.08. The van der Waals surface area contributed by atoms with Crippen molar-refractivity contribution in [3.05, 3.63) is 24.0 Å². The molecule has 17 heavy (non-hydrogen) atoms. The molecule has 2 aromatic heterocycles. The van der Waals surface area contributed by atoms with Crippen LogP contribution < -0.4 is 5.32 Å². The second-order valence-electron chi connectivity index (χ2n) is 3.25. The van der Waals surface area contributed by atoms with Crippen LogP contribution in [0.25, 0.3) is 0 Å². The Kier molecular flexibility index (Phi) is 2.83. The number of carbonyl (C=O) groups is 1. The summed E-state index contributed by atoms with van der Waals surface area (Å²) in [6.07, 6.45) is 1.31. The van der Waals surface area contributed by atoms with Crippen molar-refractivity contribution >= 4 is 11.7 Å². The van der Waals surface area contributed by atoms with Crippen LogP contribution in [-0.4, -0.2) is 25.8 Å². The number of carbonyl (C=O) groups excluding carboxylic acids is 1. The van der Waals surface area contributed by atoms with Gasteiger partial charge in [-0.15, -0.1) is 5.10 Å². The van der Waals surface area contributed by atoms with Crippen molar-refractivity contribution in [3.63, 3.8) is 0 Å². The van der Waals surface area contributed by atoms with Gasteiger partial charge < -0.3 is 9.84 Å². The highest BCUT2D eigenvalue weighted by atomic mass is 16.5. The number of anilines is 1. The molecular weight excluding hydrogens is 224 g/mol. The Morgan fingerprint density at radius 1 is 1.71 bits per heavy atom. The number of nitrogens with zero attached hydrogens (tertiary/aromatic N) is 5. The Bertz CT molecular complexity index is 578. The normalized spacial score (nSPS) is 9.88. The second-order valence-corrected chi connectivity index (χ2v) is 3.25. The predicted molar refractivity (Wildman–Crippen MR) is 54.6 cm³/mol. The van der Waals surface area contributed by atoms with E-state index in [4.69, 9.17) is 9.78 Å². The number of aromatic nitrogens is 4. The van der Waals surface area contributed by atoms with E-state index < -0.39 is 0 Å². The molecule has 0 bridgehead atoms. The number of hydrogen-bond acceptors (Lipinski definition) is 6. The number of rotatable bonds is 3. The van der Waals surface area contributed by atoms with Gasteiger partial charge in [-0.3, -0.25) is 4.79 Å². The van der Waals surface area contributed by atoms with Crippen LogP contribution >= 0.6 is 0 Å². The lowest BCUT2D eigenvalue weighted by atomic mass is 10.5. The van der Waals surface area contributed by atoms with E-state index in [1.165, 1.54) is 11.0 Å². The van der Waals surface area contributed by atoms with Crippen LogP contribution in [0, 0.1) is 18.3 Å². The highest BCUT2D eigenvalue weighted by molar-refractivity contribution is 5.89. The summed E-state index contributed by atoms with van der Waals surface area (Å²) in [5, 5.41) is 18.4. The monoisotopic (exact) mass is 232 g/mol. The molecule has 0 aliphatic rings. The van der Waals surface area contributed by atoms with Gasteiger partial charge in [0, 0.05) is 6.07 Å². The number of amides is 1. The first-order valence-electron chi connectivity index (χ1n) is 4.70. The van der Waals surface area contributed by atoms with E-state index in [0.29, 0.717) is 11.6 Å². The first-order valence-corrected chi connectivity index (χ1v) is 4.70. The molecule has 0 atom stereocenters. The summed E-state index contributed by atoms with van der Waals surface area (Å²) in [4.78, 5) is 15.2. The van der Waals surface area contributed by atoms with E-state index in [-0.39, 0.29) is 18.3 Å². The first-order chi connectivity index (χ1) is 8.17. The second kappa shape index (κ2) is 4.44. The third kappa shape index (κ3) is 2.66. The number of nitrogens with one attached hydrogen (secondary N) is 1. The molecule has 8 heteroatoms.